The Hall–Kier alpha value is -5.96. The lowest BCUT2D eigenvalue weighted by atomic mass is 9.84. The molecule has 5 rings (SSSR count). The maximum Gasteiger partial charge on any atom is 0.491 e. The van der Waals surface area contributed by atoms with Crippen molar-refractivity contribution >= 4 is 41.1 Å². The van der Waals surface area contributed by atoms with E-state index in [2.05, 4.69) is 34.6 Å². The second-order valence-corrected chi connectivity index (χ2v) is 13.0. The molecule has 1 amide bonds. The second kappa shape index (κ2) is 14.7. The third-order valence-corrected chi connectivity index (χ3v) is 7.89. The normalized spacial score (nSPS) is 15.2. The lowest BCUT2D eigenvalue weighted by Crippen LogP contribution is -2.33. The highest BCUT2D eigenvalue weighted by atomic mass is 19.4. The van der Waals surface area contributed by atoms with Gasteiger partial charge in [0.2, 0.25) is 0 Å². The second-order valence-electron chi connectivity index (χ2n) is 13.0. The van der Waals surface area contributed by atoms with Crippen LogP contribution in [-0.2, 0) is 26.2 Å². The number of halogens is 9. The molecule has 0 bridgehead atoms. The minimum atomic E-state index is -5.89. The van der Waals surface area contributed by atoms with Crippen LogP contribution < -0.4 is 24.4 Å². The van der Waals surface area contributed by atoms with Crippen molar-refractivity contribution in [3.8, 4) is 17.2 Å². The standard InChI is InChI=1S/C33H27F9N6O7/c1-30(2,3)23-19(53-27(50)31(34,35)36)13-18(24(54-28(51)32(37,38)39)25(23)55-29(52)33(40,41)42)26(49)45-20-15-48-21(44-20)8-9-22(46-48)47-11-5-7-17(47)12-16-6-4-10-43-14-16/h4,6,8-10,13-15,17H,5,7,11-12H2,1-3H3,(H,45,49). The van der Waals surface area contributed by atoms with Crippen LogP contribution in [0.2, 0.25) is 0 Å². The molecule has 1 aromatic carbocycles. The van der Waals surface area contributed by atoms with E-state index in [9.17, 15) is 58.7 Å². The van der Waals surface area contributed by atoms with Crippen molar-refractivity contribution in [2.45, 2.75) is 70.0 Å². The summed E-state index contributed by atoms with van der Waals surface area (Å²) in [4.78, 5) is 59.9. The summed E-state index contributed by atoms with van der Waals surface area (Å²) in [5, 5.41) is 6.58. The summed E-state index contributed by atoms with van der Waals surface area (Å²) in [5.74, 6) is -15.8. The molecule has 0 spiro atoms. The zero-order valence-electron chi connectivity index (χ0n) is 28.5. The van der Waals surface area contributed by atoms with Crippen LogP contribution in [0, 0.1) is 0 Å². The van der Waals surface area contributed by atoms with Gasteiger partial charge < -0.3 is 24.4 Å². The minimum absolute atomic E-state index is 0.0343. The van der Waals surface area contributed by atoms with Gasteiger partial charge in [0, 0.05) is 30.5 Å². The molecule has 13 nitrogen and oxygen atoms in total. The van der Waals surface area contributed by atoms with Crippen molar-refractivity contribution < 1.29 is 72.9 Å². The summed E-state index contributed by atoms with van der Waals surface area (Å²) in [7, 11) is 0. The van der Waals surface area contributed by atoms with Crippen molar-refractivity contribution in [1.29, 1.82) is 0 Å². The lowest BCUT2D eigenvalue weighted by Gasteiger charge is -2.28. The molecule has 4 heterocycles. The average Bonchev–Trinajstić information content (AvgIpc) is 3.69. The third-order valence-electron chi connectivity index (χ3n) is 7.89. The van der Waals surface area contributed by atoms with E-state index in [1.807, 2.05) is 11.0 Å². The molecule has 1 atom stereocenters. The Bertz CT molecular complexity index is 2130. The first-order chi connectivity index (χ1) is 25.4. The van der Waals surface area contributed by atoms with Crippen LogP contribution in [0.1, 0.15) is 55.1 Å². The van der Waals surface area contributed by atoms with Gasteiger partial charge in [0.05, 0.1) is 11.8 Å². The fourth-order valence-electron chi connectivity index (χ4n) is 5.64. The number of carbonyl (C=O) groups excluding carboxylic acids is 4. The number of nitrogens with one attached hydrogen (secondary N) is 1. The van der Waals surface area contributed by atoms with Gasteiger partial charge in [-0.15, -0.1) is 5.10 Å². The number of esters is 3. The number of ether oxygens (including phenoxy) is 3. The SMILES string of the molecule is CC(C)(C)c1c(OC(=O)C(F)(F)F)cc(C(=O)Nc2cn3nc(N4CCCC4Cc4cccnc4)ccc3n2)c(OC(=O)C(F)(F)F)c1OC(=O)C(F)(F)F. The molecule has 55 heavy (non-hydrogen) atoms. The number of carbonyl (C=O) groups is 4. The molecule has 1 unspecified atom stereocenters. The number of alkyl halides is 9. The van der Waals surface area contributed by atoms with E-state index in [4.69, 9.17) is 0 Å². The first-order valence-electron chi connectivity index (χ1n) is 15.8. The van der Waals surface area contributed by atoms with E-state index in [-0.39, 0.29) is 17.8 Å². The van der Waals surface area contributed by atoms with Gasteiger partial charge in [0.15, 0.2) is 23.0 Å². The monoisotopic (exact) mass is 790 g/mol. The number of hydrogen-bond donors (Lipinski definition) is 1. The van der Waals surface area contributed by atoms with Gasteiger partial charge in [0.25, 0.3) is 5.91 Å². The zero-order valence-corrected chi connectivity index (χ0v) is 28.5. The number of hydrogen-bond acceptors (Lipinski definition) is 11. The van der Waals surface area contributed by atoms with Gasteiger partial charge >= 0.3 is 36.4 Å². The Morgan fingerprint density at radius 3 is 2.05 bits per heavy atom. The highest BCUT2D eigenvalue weighted by Gasteiger charge is 2.48. The number of amides is 1. The van der Waals surface area contributed by atoms with Gasteiger partial charge in [-0.25, -0.2) is 23.9 Å². The predicted molar refractivity (Wildman–Crippen MR) is 169 cm³/mol. The number of imidazole rings is 1. The van der Waals surface area contributed by atoms with Gasteiger partial charge in [-0.05, 0) is 54.5 Å². The first kappa shape index (κ1) is 40.2. The summed E-state index contributed by atoms with van der Waals surface area (Å²) in [6, 6.07) is 7.07. The van der Waals surface area contributed by atoms with E-state index in [1.54, 1.807) is 24.5 Å². The Labute approximate surface area is 303 Å². The van der Waals surface area contributed by atoms with E-state index >= 15 is 0 Å². The van der Waals surface area contributed by atoms with Gasteiger partial charge in [-0.2, -0.15) is 39.5 Å². The molecule has 0 aliphatic carbocycles. The largest absolute Gasteiger partial charge is 0.491 e. The van der Waals surface area contributed by atoms with Gasteiger partial charge in [-0.3, -0.25) is 9.78 Å². The summed E-state index contributed by atoms with van der Waals surface area (Å²) in [6.07, 6.45) is -10.7. The fourth-order valence-corrected chi connectivity index (χ4v) is 5.64. The number of aromatic nitrogens is 4. The van der Waals surface area contributed by atoms with Crippen LogP contribution in [0.3, 0.4) is 0 Å². The lowest BCUT2D eigenvalue weighted by molar-refractivity contribution is -0.192. The van der Waals surface area contributed by atoms with E-state index in [1.165, 1.54) is 10.6 Å². The number of nitrogens with zero attached hydrogens (tertiary/aromatic N) is 5. The molecule has 1 aliphatic heterocycles. The van der Waals surface area contributed by atoms with Crippen LogP contribution >= 0.6 is 0 Å². The van der Waals surface area contributed by atoms with Crippen LogP contribution in [-0.4, -0.2) is 74.5 Å². The van der Waals surface area contributed by atoms with Gasteiger partial charge in [0.1, 0.15) is 11.6 Å². The predicted octanol–water partition coefficient (Wildman–Crippen LogP) is 6.29. The molecule has 294 valence electrons. The molecular formula is C33H27F9N6O7. The topological polar surface area (TPSA) is 154 Å². The maximum atomic E-state index is 13.7. The van der Waals surface area contributed by atoms with Crippen molar-refractivity contribution in [2.24, 2.45) is 0 Å². The molecule has 1 N–H and O–H groups in total. The molecule has 1 saturated heterocycles. The van der Waals surface area contributed by atoms with Crippen molar-refractivity contribution in [3.05, 3.63) is 65.6 Å². The van der Waals surface area contributed by atoms with Gasteiger partial charge in [-0.1, -0.05) is 26.8 Å². The smallest absolute Gasteiger partial charge is 0.419 e. The number of fused-ring (bicyclic) bond motifs is 1. The fraction of sp³-hybridized carbons (Fsp3) is 0.364. The number of benzene rings is 1. The van der Waals surface area contributed by atoms with Crippen molar-refractivity contribution in [3.63, 3.8) is 0 Å². The first-order valence-corrected chi connectivity index (χ1v) is 15.8. The van der Waals surface area contributed by atoms with Crippen LogP contribution in [0.15, 0.2) is 48.9 Å². The van der Waals surface area contributed by atoms with Crippen molar-refractivity contribution in [2.75, 3.05) is 16.8 Å². The summed E-state index contributed by atoms with van der Waals surface area (Å²) >= 11 is 0. The highest BCUT2D eigenvalue weighted by molar-refractivity contribution is 6.08. The van der Waals surface area contributed by atoms with E-state index < -0.39 is 82.0 Å². The van der Waals surface area contributed by atoms with E-state index in [0.717, 1.165) is 45.4 Å². The summed E-state index contributed by atoms with van der Waals surface area (Å²) in [6.45, 7) is 3.78. The van der Waals surface area contributed by atoms with Crippen LogP contribution in [0.5, 0.6) is 17.2 Å². The Morgan fingerprint density at radius 1 is 0.855 bits per heavy atom. The number of rotatable bonds is 8. The third kappa shape index (κ3) is 9.23. The Morgan fingerprint density at radius 2 is 1.47 bits per heavy atom. The van der Waals surface area contributed by atoms with Crippen LogP contribution in [0.25, 0.3) is 5.65 Å². The molecule has 1 aliphatic rings. The average molecular weight is 791 g/mol. The Kier molecular flexibility index (Phi) is 10.8. The highest BCUT2D eigenvalue weighted by Crippen LogP contribution is 2.49. The molecule has 0 radical (unpaired) electrons. The molecule has 22 heteroatoms. The minimum Gasteiger partial charge on any atom is -0.419 e. The number of anilines is 2. The zero-order chi connectivity index (χ0) is 40.7. The van der Waals surface area contributed by atoms with E-state index in [0.29, 0.717) is 18.8 Å². The maximum absolute atomic E-state index is 13.7. The quantitative estimate of drug-likeness (QED) is 0.122. The van der Waals surface area contributed by atoms with Crippen molar-refractivity contribution in [1.82, 2.24) is 19.6 Å². The summed E-state index contributed by atoms with van der Waals surface area (Å²) < 4.78 is 135. The summed E-state index contributed by atoms with van der Waals surface area (Å²) in [5.41, 5.74) is -3.32. The molecule has 4 aromatic rings. The Balaban J connectivity index is 1.60. The number of pyridine rings is 1. The molecule has 3 aromatic heterocycles. The molecule has 0 saturated carbocycles. The van der Waals surface area contributed by atoms with Crippen LogP contribution in [0.4, 0.5) is 51.1 Å². The molecular weight excluding hydrogens is 763 g/mol. The molecule has 1 fully saturated rings.